The standard InChI is InChI=1S/C15H17N3O5S/c1-23-10-9-17(12-13-5-7-16-8-6-13)24(21,22)15-4-2-3-14(11-15)18(19)20/h2-8,11H,9-10,12H2,1H3. The molecular formula is C15H17N3O5S. The Morgan fingerprint density at radius 3 is 2.58 bits per heavy atom. The van der Waals surface area contributed by atoms with Crippen molar-refractivity contribution < 1.29 is 18.1 Å². The molecule has 0 aliphatic carbocycles. The number of pyridine rings is 1. The van der Waals surface area contributed by atoms with Crippen molar-refractivity contribution in [1.29, 1.82) is 0 Å². The topological polar surface area (TPSA) is 103 Å². The van der Waals surface area contributed by atoms with Crippen molar-refractivity contribution in [2.24, 2.45) is 0 Å². The quantitative estimate of drug-likeness (QED) is 0.531. The van der Waals surface area contributed by atoms with E-state index >= 15 is 0 Å². The minimum atomic E-state index is -3.90. The van der Waals surface area contributed by atoms with Crippen LogP contribution >= 0.6 is 0 Å². The van der Waals surface area contributed by atoms with Gasteiger partial charge in [-0.3, -0.25) is 15.1 Å². The molecule has 1 aromatic heterocycles. The van der Waals surface area contributed by atoms with Crippen LogP contribution in [0.2, 0.25) is 0 Å². The first kappa shape index (κ1) is 18.0. The predicted octanol–water partition coefficient (Wildman–Crippen LogP) is 1.83. The minimum absolute atomic E-state index is 0.122. The van der Waals surface area contributed by atoms with Gasteiger partial charge in [-0.15, -0.1) is 0 Å². The molecule has 0 aliphatic rings. The molecule has 0 saturated carbocycles. The smallest absolute Gasteiger partial charge is 0.270 e. The molecular weight excluding hydrogens is 334 g/mol. The van der Waals surface area contributed by atoms with Crippen molar-refractivity contribution >= 4 is 15.7 Å². The molecule has 0 N–H and O–H groups in total. The van der Waals surface area contributed by atoms with Crippen LogP contribution in [0.15, 0.2) is 53.7 Å². The Morgan fingerprint density at radius 1 is 1.25 bits per heavy atom. The molecule has 0 fully saturated rings. The molecule has 0 atom stereocenters. The fourth-order valence-electron chi connectivity index (χ4n) is 2.08. The molecule has 8 nitrogen and oxygen atoms in total. The van der Waals surface area contributed by atoms with E-state index in [0.717, 1.165) is 11.6 Å². The van der Waals surface area contributed by atoms with Crippen LogP contribution in [0, 0.1) is 10.1 Å². The van der Waals surface area contributed by atoms with Crippen molar-refractivity contribution in [2.45, 2.75) is 11.4 Å². The summed E-state index contributed by atoms with van der Waals surface area (Å²) >= 11 is 0. The molecule has 1 heterocycles. The number of hydrogen-bond acceptors (Lipinski definition) is 6. The first-order chi connectivity index (χ1) is 11.4. The number of methoxy groups -OCH3 is 1. The molecule has 1 aromatic carbocycles. The van der Waals surface area contributed by atoms with E-state index in [1.54, 1.807) is 24.5 Å². The van der Waals surface area contributed by atoms with Crippen LogP contribution in [-0.2, 0) is 21.3 Å². The van der Waals surface area contributed by atoms with E-state index in [1.807, 2.05) is 0 Å². The summed E-state index contributed by atoms with van der Waals surface area (Å²) in [5, 5.41) is 10.9. The molecule has 128 valence electrons. The lowest BCUT2D eigenvalue weighted by atomic mass is 10.3. The zero-order chi connectivity index (χ0) is 17.6. The number of nitro groups is 1. The van der Waals surface area contributed by atoms with Gasteiger partial charge in [0.25, 0.3) is 5.69 Å². The summed E-state index contributed by atoms with van der Waals surface area (Å²) in [6.45, 7) is 0.458. The number of nitro benzene ring substituents is 1. The van der Waals surface area contributed by atoms with E-state index in [9.17, 15) is 18.5 Å². The van der Waals surface area contributed by atoms with Crippen molar-refractivity contribution in [1.82, 2.24) is 9.29 Å². The van der Waals surface area contributed by atoms with E-state index in [-0.39, 0.29) is 30.3 Å². The number of sulfonamides is 1. The van der Waals surface area contributed by atoms with Crippen LogP contribution in [-0.4, -0.2) is 42.9 Å². The average Bonchev–Trinajstić information content (AvgIpc) is 2.59. The summed E-state index contributed by atoms with van der Waals surface area (Å²) < 4.78 is 31.9. The second kappa shape index (κ2) is 7.95. The van der Waals surface area contributed by atoms with Gasteiger partial charge in [0.1, 0.15) is 0 Å². The molecule has 0 aliphatic heterocycles. The van der Waals surface area contributed by atoms with Crippen molar-refractivity contribution in [3.63, 3.8) is 0 Å². The Morgan fingerprint density at radius 2 is 1.96 bits per heavy atom. The normalized spacial score (nSPS) is 11.6. The lowest BCUT2D eigenvalue weighted by molar-refractivity contribution is -0.385. The summed E-state index contributed by atoms with van der Waals surface area (Å²) in [6.07, 6.45) is 3.15. The largest absolute Gasteiger partial charge is 0.383 e. The van der Waals surface area contributed by atoms with E-state index in [4.69, 9.17) is 4.74 Å². The van der Waals surface area contributed by atoms with Gasteiger partial charge >= 0.3 is 0 Å². The fourth-order valence-corrected chi connectivity index (χ4v) is 3.53. The zero-order valence-corrected chi connectivity index (χ0v) is 13.8. The van der Waals surface area contributed by atoms with Gasteiger partial charge in [-0.25, -0.2) is 8.42 Å². The highest BCUT2D eigenvalue weighted by atomic mass is 32.2. The number of rotatable bonds is 8. The van der Waals surface area contributed by atoms with E-state index in [1.165, 1.54) is 29.6 Å². The van der Waals surface area contributed by atoms with Gasteiger partial charge < -0.3 is 4.74 Å². The summed E-state index contributed by atoms with van der Waals surface area (Å²) in [7, 11) is -2.42. The third kappa shape index (κ3) is 4.34. The Kier molecular flexibility index (Phi) is 5.96. The highest BCUT2D eigenvalue weighted by molar-refractivity contribution is 7.89. The zero-order valence-electron chi connectivity index (χ0n) is 13.0. The Hall–Kier alpha value is -2.36. The lowest BCUT2D eigenvalue weighted by Crippen LogP contribution is -2.33. The average molecular weight is 351 g/mol. The van der Waals surface area contributed by atoms with Gasteiger partial charge in [0.2, 0.25) is 10.0 Å². The molecule has 0 radical (unpaired) electrons. The lowest BCUT2D eigenvalue weighted by Gasteiger charge is -2.22. The Balaban J connectivity index is 2.36. The molecule has 0 spiro atoms. The van der Waals surface area contributed by atoms with Crippen LogP contribution < -0.4 is 0 Å². The van der Waals surface area contributed by atoms with Crippen molar-refractivity contribution in [2.75, 3.05) is 20.3 Å². The predicted molar refractivity (Wildman–Crippen MR) is 86.8 cm³/mol. The second-order valence-corrected chi connectivity index (χ2v) is 6.88. The first-order valence-electron chi connectivity index (χ1n) is 7.07. The fraction of sp³-hybridized carbons (Fsp3) is 0.267. The third-order valence-corrected chi connectivity index (χ3v) is 5.16. The van der Waals surface area contributed by atoms with Crippen LogP contribution in [0.3, 0.4) is 0 Å². The maximum Gasteiger partial charge on any atom is 0.270 e. The SMILES string of the molecule is COCCN(Cc1ccncc1)S(=O)(=O)c1cccc([N+](=O)[O-])c1. The molecule has 9 heteroatoms. The van der Waals surface area contributed by atoms with Crippen LogP contribution in [0.25, 0.3) is 0 Å². The molecule has 0 amide bonds. The highest BCUT2D eigenvalue weighted by Gasteiger charge is 2.26. The maximum absolute atomic E-state index is 12.8. The van der Waals surface area contributed by atoms with E-state index in [2.05, 4.69) is 4.98 Å². The number of non-ortho nitro benzene ring substituents is 1. The number of ether oxygens (including phenoxy) is 1. The molecule has 0 saturated heterocycles. The highest BCUT2D eigenvalue weighted by Crippen LogP contribution is 2.22. The van der Waals surface area contributed by atoms with Crippen LogP contribution in [0.4, 0.5) is 5.69 Å². The Labute approximate surface area is 139 Å². The van der Waals surface area contributed by atoms with E-state index in [0.29, 0.717) is 0 Å². The first-order valence-corrected chi connectivity index (χ1v) is 8.51. The van der Waals surface area contributed by atoms with Crippen molar-refractivity contribution in [3.05, 3.63) is 64.5 Å². The summed E-state index contributed by atoms with van der Waals surface area (Å²) in [5.74, 6) is 0. The molecule has 0 bridgehead atoms. The van der Waals surface area contributed by atoms with Gasteiger partial charge in [-0.1, -0.05) is 6.07 Å². The van der Waals surface area contributed by atoms with Crippen molar-refractivity contribution in [3.8, 4) is 0 Å². The summed E-state index contributed by atoms with van der Waals surface area (Å²) in [5.41, 5.74) is 0.488. The summed E-state index contributed by atoms with van der Waals surface area (Å²) in [6, 6.07) is 8.43. The number of benzene rings is 1. The molecule has 0 unspecified atom stereocenters. The van der Waals surface area contributed by atoms with Crippen LogP contribution in [0.1, 0.15) is 5.56 Å². The number of aromatic nitrogens is 1. The number of hydrogen-bond donors (Lipinski definition) is 0. The van der Waals surface area contributed by atoms with Gasteiger partial charge in [-0.05, 0) is 23.8 Å². The monoisotopic (exact) mass is 351 g/mol. The molecule has 2 rings (SSSR count). The van der Waals surface area contributed by atoms with Gasteiger partial charge in [-0.2, -0.15) is 4.31 Å². The minimum Gasteiger partial charge on any atom is -0.383 e. The van der Waals surface area contributed by atoms with Gasteiger partial charge in [0.05, 0.1) is 16.4 Å². The summed E-state index contributed by atoms with van der Waals surface area (Å²) in [4.78, 5) is 14.0. The van der Waals surface area contributed by atoms with Crippen LogP contribution in [0.5, 0.6) is 0 Å². The Bertz CT molecular complexity index is 796. The van der Waals surface area contributed by atoms with Gasteiger partial charge in [0, 0.05) is 44.7 Å². The number of nitrogens with zero attached hydrogens (tertiary/aromatic N) is 3. The van der Waals surface area contributed by atoms with E-state index < -0.39 is 14.9 Å². The second-order valence-electron chi connectivity index (χ2n) is 4.94. The molecule has 24 heavy (non-hydrogen) atoms. The van der Waals surface area contributed by atoms with Gasteiger partial charge in [0.15, 0.2) is 0 Å². The maximum atomic E-state index is 12.8. The molecule has 2 aromatic rings. The third-order valence-electron chi connectivity index (χ3n) is 3.32.